The molecule has 3 rings (SSSR count). The number of piperidine rings is 1. The van der Waals surface area contributed by atoms with Gasteiger partial charge in [-0.3, -0.25) is 4.90 Å². The molecule has 8 nitrogen and oxygen atoms in total. The van der Waals surface area contributed by atoms with E-state index in [-0.39, 0.29) is 41.7 Å². The third-order valence-electron chi connectivity index (χ3n) is 5.97. The topological polar surface area (TPSA) is 93.2 Å². The van der Waals surface area contributed by atoms with E-state index in [0.717, 1.165) is 6.42 Å². The molecular weight excluding hydrogens is 396 g/mol. The summed E-state index contributed by atoms with van der Waals surface area (Å²) >= 11 is 0. The maximum Gasteiger partial charge on any atom is 0.410 e. The van der Waals surface area contributed by atoms with E-state index >= 15 is 0 Å². The SMILES string of the molecule is CC[C@H](C)[C@H]1COC(=O)N1C1CCN(S(=O)(=O)c2ccccc2C(=O)OC)CC1. The molecular formula is C20H28N2O6S. The summed E-state index contributed by atoms with van der Waals surface area (Å²) in [6, 6.07) is 6.04. The van der Waals surface area contributed by atoms with Crippen molar-refractivity contribution in [1.82, 2.24) is 9.21 Å². The average molecular weight is 425 g/mol. The molecule has 2 heterocycles. The fourth-order valence-corrected chi connectivity index (χ4v) is 5.70. The molecule has 0 unspecified atom stereocenters. The average Bonchev–Trinajstić information content (AvgIpc) is 3.14. The second-order valence-electron chi connectivity index (χ2n) is 7.56. The smallest absolute Gasteiger partial charge is 0.410 e. The minimum atomic E-state index is -3.84. The number of cyclic esters (lactones) is 1. The number of nitrogens with zero attached hydrogens (tertiary/aromatic N) is 2. The molecule has 0 radical (unpaired) electrons. The quantitative estimate of drug-likeness (QED) is 0.652. The van der Waals surface area contributed by atoms with Crippen molar-refractivity contribution in [2.24, 2.45) is 5.92 Å². The Balaban J connectivity index is 1.75. The zero-order valence-corrected chi connectivity index (χ0v) is 17.9. The lowest BCUT2D eigenvalue weighted by atomic mass is 9.95. The van der Waals surface area contributed by atoms with E-state index in [9.17, 15) is 18.0 Å². The van der Waals surface area contributed by atoms with Crippen LogP contribution in [0, 0.1) is 5.92 Å². The standard InChI is InChI=1S/C20H28N2O6S/c1-4-14(2)17-13-28-20(24)22(17)15-9-11-21(12-10-15)29(25,26)18-8-6-5-7-16(18)19(23)27-3/h5-8,14-15,17H,4,9-13H2,1-3H3/t14-,17+/m0/s1. The number of methoxy groups -OCH3 is 1. The lowest BCUT2D eigenvalue weighted by molar-refractivity contribution is 0.0595. The van der Waals surface area contributed by atoms with Gasteiger partial charge >= 0.3 is 12.1 Å². The van der Waals surface area contributed by atoms with Gasteiger partial charge in [-0.25, -0.2) is 18.0 Å². The lowest BCUT2D eigenvalue weighted by Gasteiger charge is -2.38. The number of hydrogen-bond acceptors (Lipinski definition) is 6. The van der Waals surface area contributed by atoms with Crippen molar-refractivity contribution in [3.63, 3.8) is 0 Å². The predicted molar refractivity (Wildman–Crippen MR) is 106 cm³/mol. The molecule has 160 valence electrons. The van der Waals surface area contributed by atoms with Crippen LogP contribution in [0.3, 0.4) is 0 Å². The Bertz CT molecular complexity index is 863. The number of benzene rings is 1. The summed E-state index contributed by atoms with van der Waals surface area (Å²) in [5.74, 6) is -0.370. The van der Waals surface area contributed by atoms with Crippen LogP contribution in [0.25, 0.3) is 0 Å². The van der Waals surface area contributed by atoms with Crippen LogP contribution >= 0.6 is 0 Å². The summed E-state index contributed by atoms with van der Waals surface area (Å²) in [6.07, 6.45) is 1.69. The Labute approximate surface area is 171 Å². The highest BCUT2D eigenvalue weighted by atomic mass is 32.2. The van der Waals surface area contributed by atoms with E-state index in [1.54, 1.807) is 17.0 Å². The molecule has 1 aromatic rings. The van der Waals surface area contributed by atoms with Crippen LogP contribution in [-0.4, -0.2) is 68.6 Å². The molecule has 2 aliphatic rings. The van der Waals surface area contributed by atoms with Crippen LogP contribution in [0.5, 0.6) is 0 Å². The molecule has 0 bridgehead atoms. The van der Waals surface area contributed by atoms with Crippen LogP contribution in [-0.2, 0) is 19.5 Å². The van der Waals surface area contributed by atoms with Gasteiger partial charge in [0.1, 0.15) is 6.61 Å². The van der Waals surface area contributed by atoms with Gasteiger partial charge in [-0.1, -0.05) is 32.4 Å². The Morgan fingerprint density at radius 1 is 1.28 bits per heavy atom. The number of hydrogen-bond donors (Lipinski definition) is 0. The Morgan fingerprint density at radius 2 is 1.93 bits per heavy atom. The molecule has 2 saturated heterocycles. The molecule has 0 saturated carbocycles. The van der Waals surface area contributed by atoms with Gasteiger partial charge in [-0.15, -0.1) is 0 Å². The number of amides is 1. The van der Waals surface area contributed by atoms with Gasteiger partial charge in [-0.05, 0) is 30.9 Å². The van der Waals surface area contributed by atoms with E-state index in [2.05, 4.69) is 13.8 Å². The minimum Gasteiger partial charge on any atom is -0.465 e. The van der Waals surface area contributed by atoms with Gasteiger partial charge in [0.15, 0.2) is 0 Å². The monoisotopic (exact) mass is 424 g/mol. The fraction of sp³-hybridized carbons (Fsp3) is 0.600. The number of ether oxygens (including phenoxy) is 2. The van der Waals surface area contributed by atoms with E-state index in [4.69, 9.17) is 9.47 Å². The van der Waals surface area contributed by atoms with Crippen LogP contribution in [0.15, 0.2) is 29.2 Å². The third kappa shape index (κ3) is 4.11. The first kappa shape index (κ1) is 21.6. The summed E-state index contributed by atoms with van der Waals surface area (Å²) in [6.45, 7) is 5.13. The normalized spacial score (nSPS) is 22.4. The second kappa shape index (κ2) is 8.71. The first-order chi connectivity index (χ1) is 13.8. The Morgan fingerprint density at radius 3 is 2.55 bits per heavy atom. The number of carbonyl (C=O) groups is 2. The van der Waals surface area contributed by atoms with Crippen molar-refractivity contribution in [3.05, 3.63) is 29.8 Å². The van der Waals surface area contributed by atoms with Gasteiger partial charge in [-0.2, -0.15) is 4.31 Å². The Kier molecular flexibility index (Phi) is 6.48. The number of rotatable bonds is 6. The summed E-state index contributed by atoms with van der Waals surface area (Å²) in [5, 5.41) is 0. The number of carbonyl (C=O) groups excluding carboxylic acids is 2. The largest absolute Gasteiger partial charge is 0.465 e. The highest BCUT2D eigenvalue weighted by molar-refractivity contribution is 7.89. The molecule has 29 heavy (non-hydrogen) atoms. The van der Waals surface area contributed by atoms with Crippen LogP contribution < -0.4 is 0 Å². The predicted octanol–water partition coefficient (Wildman–Crippen LogP) is 2.49. The Hall–Kier alpha value is -2.13. The van der Waals surface area contributed by atoms with Crippen LogP contribution in [0.1, 0.15) is 43.5 Å². The third-order valence-corrected chi connectivity index (χ3v) is 7.93. The molecule has 0 spiro atoms. The first-order valence-corrected chi connectivity index (χ1v) is 11.4. The van der Waals surface area contributed by atoms with E-state index in [0.29, 0.717) is 25.4 Å². The van der Waals surface area contributed by atoms with Gasteiger partial charge in [0, 0.05) is 19.1 Å². The molecule has 2 atom stereocenters. The van der Waals surface area contributed by atoms with Gasteiger partial charge in [0.2, 0.25) is 10.0 Å². The number of esters is 1. The van der Waals surface area contributed by atoms with Crippen molar-refractivity contribution in [3.8, 4) is 0 Å². The van der Waals surface area contributed by atoms with Crippen molar-refractivity contribution >= 4 is 22.1 Å². The summed E-state index contributed by atoms with van der Waals surface area (Å²) in [7, 11) is -2.62. The molecule has 0 aromatic heterocycles. The summed E-state index contributed by atoms with van der Waals surface area (Å²) in [4.78, 5) is 26.0. The van der Waals surface area contributed by atoms with Crippen molar-refractivity contribution in [1.29, 1.82) is 0 Å². The summed E-state index contributed by atoms with van der Waals surface area (Å²) < 4.78 is 37.7. The highest BCUT2D eigenvalue weighted by Crippen LogP contribution is 2.31. The van der Waals surface area contributed by atoms with Crippen molar-refractivity contribution in [2.45, 2.75) is 50.1 Å². The molecule has 2 fully saturated rings. The molecule has 1 aromatic carbocycles. The zero-order valence-electron chi connectivity index (χ0n) is 17.0. The van der Waals surface area contributed by atoms with E-state index < -0.39 is 16.0 Å². The number of sulfonamides is 1. The molecule has 1 amide bonds. The molecule has 0 N–H and O–H groups in total. The molecule has 2 aliphatic heterocycles. The van der Waals surface area contributed by atoms with Crippen molar-refractivity contribution < 1.29 is 27.5 Å². The first-order valence-electron chi connectivity index (χ1n) is 9.93. The van der Waals surface area contributed by atoms with Gasteiger partial charge in [0.05, 0.1) is 23.6 Å². The molecule has 0 aliphatic carbocycles. The molecule has 9 heteroatoms. The highest BCUT2D eigenvalue weighted by Gasteiger charge is 2.42. The summed E-state index contributed by atoms with van der Waals surface area (Å²) in [5.41, 5.74) is 0.0251. The second-order valence-corrected chi connectivity index (χ2v) is 9.47. The minimum absolute atomic E-state index is 0.0251. The van der Waals surface area contributed by atoms with Gasteiger partial charge in [0.25, 0.3) is 0 Å². The maximum absolute atomic E-state index is 13.2. The van der Waals surface area contributed by atoms with Crippen LogP contribution in [0.4, 0.5) is 4.79 Å². The zero-order chi connectivity index (χ0) is 21.2. The van der Waals surface area contributed by atoms with Crippen LogP contribution in [0.2, 0.25) is 0 Å². The fourth-order valence-electron chi connectivity index (χ4n) is 4.05. The van der Waals surface area contributed by atoms with Gasteiger partial charge < -0.3 is 9.47 Å². The van der Waals surface area contributed by atoms with E-state index in [1.807, 2.05) is 0 Å². The van der Waals surface area contributed by atoms with E-state index in [1.165, 1.54) is 23.5 Å². The lowest BCUT2D eigenvalue weighted by Crippen LogP contribution is -2.51. The maximum atomic E-state index is 13.2. The van der Waals surface area contributed by atoms with Crippen molar-refractivity contribution in [2.75, 3.05) is 26.8 Å².